The SMILES string of the molecule is C[C@]1(c2ccc(N)nc2)CCC(=O)NC1=O. The van der Waals surface area contributed by atoms with E-state index in [4.69, 9.17) is 5.73 Å². The fraction of sp³-hybridized carbons (Fsp3) is 0.364. The third kappa shape index (κ3) is 1.64. The minimum absolute atomic E-state index is 0.217. The van der Waals surface area contributed by atoms with Crippen LogP contribution >= 0.6 is 0 Å². The van der Waals surface area contributed by atoms with Gasteiger partial charge in [0.1, 0.15) is 5.82 Å². The van der Waals surface area contributed by atoms with Crippen molar-refractivity contribution in [2.24, 2.45) is 0 Å². The van der Waals surface area contributed by atoms with E-state index in [1.54, 1.807) is 18.3 Å². The molecule has 1 aromatic heterocycles. The van der Waals surface area contributed by atoms with Crippen LogP contribution in [0.3, 0.4) is 0 Å². The van der Waals surface area contributed by atoms with Gasteiger partial charge in [0.2, 0.25) is 11.8 Å². The van der Waals surface area contributed by atoms with Gasteiger partial charge in [0.05, 0.1) is 5.41 Å². The summed E-state index contributed by atoms with van der Waals surface area (Å²) in [5.74, 6) is -0.0687. The Labute approximate surface area is 93.0 Å². The van der Waals surface area contributed by atoms with Crippen molar-refractivity contribution >= 4 is 17.6 Å². The Balaban J connectivity index is 2.34. The molecule has 0 radical (unpaired) electrons. The van der Waals surface area contributed by atoms with Gasteiger partial charge in [-0.05, 0) is 25.0 Å². The van der Waals surface area contributed by atoms with E-state index in [9.17, 15) is 9.59 Å². The second-order valence-corrected chi connectivity index (χ2v) is 4.18. The topological polar surface area (TPSA) is 85.1 Å². The second kappa shape index (κ2) is 3.59. The standard InChI is InChI=1S/C11H13N3O2/c1-11(5-4-9(15)14-10(11)16)7-2-3-8(12)13-6-7/h2-3,6H,4-5H2,1H3,(H2,12,13)(H,14,15,16)/t11-/m1/s1. The first-order chi connectivity index (χ1) is 7.52. The first-order valence-corrected chi connectivity index (χ1v) is 5.09. The van der Waals surface area contributed by atoms with Gasteiger partial charge >= 0.3 is 0 Å². The molecule has 2 heterocycles. The molecule has 1 aromatic rings. The summed E-state index contributed by atoms with van der Waals surface area (Å²) in [6.45, 7) is 1.81. The summed E-state index contributed by atoms with van der Waals surface area (Å²) in [6.07, 6.45) is 2.45. The van der Waals surface area contributed by atoms with Crippen LogP contribution in [-0.4, -0.2) is 16.8 Å². The lowest BCUT2D eigenvalue weighted by Crippen LogP contribution is -2.49. The van der Waals surface area contributed by atoms with Crippen molar-refractivity contribution in [2.45, 2.75) is 25.2 Å². The largest absolute Gasteiger partial charge is 0.384 e. The molecule has 0 unspecified atom stereocenters. The summed E-state index contributed by atoms with van der Waals surface area (Å²) in [5.41, 5.74) is 5.59. The molecule has 2 rings (SSSR count). The monoisotopic (exact) mass is 219 g/mol. The number of rotatable bonds is 1. The smallest absolute Gasteiger partial charge is 0.236 e. The van der Waals surface area contributed by atoms with Crippen molar-refractivity contribution in [3.63, 3.8) is 0 Å². The second-order valence-electron chi connectivity index (χ2n) is 4.18. The van der Waals surface area contributed by atoms with Crippen LogP contribution < -0.4 is 11.1 Å². The number of nitrogens with two attached hydrogens (primary N) is 1. The molecule has 0 bridgehead atoms. The number of carbonyl (C=O) groups is 2. The number of hydrogen-bond acceptors (Lipinski definition) is 4. The highest BCUT2D eigenvalue weighted by molar-refractivity contribution is 6.03. The quantitative estimate of drug-likeness (QED) is 0.668. The van der Waals surface area contributed by atoms with Gasteiger partial charge in [0.25, 0.3) is 0 Å². The van der Waals surface area contributed by atoms with Crippen LogP contribution in [0, 0.1) is 0 Å². The number of anilines is 1. The predicted molar refractivity (Wildman–Crippen MR) is 58.4 cm³/mol. The van der Waals surface area contributed by atoms with Crippen molar-refractivity contribution in [3.05, 3.63) is 23.9 Å². The molecule has 5 heteroatoms. The highest BCUT2D eigenvalue weighted by Crippen LogP contribution is 2.31. The van der Waals surface area contributed by atoms with Gasteiger partial charge in [-0.25, -0.2) is 4.98 Å². The molecule has 0 saturated carbocycles. The minimum atomic E-state index is -0.686. The lowest BCUT2D eigenvalue weighted by atomic mass is 9.76. The maximum absolute atomic E-state index is 11.8. The lowest BCUT2D eigenvalue weighted by Gasteiger charge is -2.31. The van der Waals surface area contributed by atoms with E-state index in [-0.39, 0.29) is 11.8 Å². The average molecular weight is 219 g/mol. The van der Waals surface area contributed by atoms with Crippen LogP contribution in [0.5, 0.6) is 0 Å². The summed E-state index contributed by atoms with van der Waals surface area (Å²) >= 11 is 0. The van der Waals surface area contributed by atoms with Crippen LogP contribution in [0.2, 0.25) is 0 Å². The molecule has 1 fully saturated rings. The fourth-order valence-corrected chi connectivity index (χ4v) is 1.81. The minimum Gasteiger partial charge on any atom is -0.384 e. The van der Waals surface area contributed by atoms with Gasteiger partial charge in [-0.3, -0.25) is 14.9 Å². The molecule has 3 N–H and O–H groups in total. The molecule has 1 atom stereocenters. The molecule has 84 valence electrons. The van der Waals surface area contributed by atoms with E-state index in [1.807, 2.05) is 6.92 Å². The number of piperidine rings is 1. The molecule has 5 nitrogen and oxygen atoms in total. The molecule has 1 aliphatic heterocycles. The number of hydrogen-bond donors (Lipinski definition) is 2. The molecule has 1 saturated heterocycles. The lowest BCUT2D eigenvalue weighted by molar-refractivity contribution is -0.137. The maximum Gasteiger partial charge on any atom is 0.236 e. The highest BCUT2D eigenvalue weighted by Gasteiger charge is 2.40. The Bertz CT molecular complexity index is 441. The summed E-state index contributed by atoms with van der Waals surface area (Å²) < 4.78 is 0. The van der Waals surface area contributed by atoms with Crippen LogP contribution in [0.4, 0.5) is 5.82 Å². The van der Waals surface area contributed by atoms with Gasteiger partial charge in [0.15, 0.2) is 0 Å². The molecule has 16 heavy (non-hydrogen) atoms. The Kier molecular flexibility index (Phi) is 2.38. The number of aromatic nitrogens is 1. The van der Waals surface area contributed by atoms with Crippen molar-refractivity contribution in [3.8, 4) is 0 Å². The van der Waals surface area contributed by atoms with Crippen LogP contribution in [0.25, 0.3) is 0 Å². The van der Waals surface area contributed by atoms with E-state index in [0.717, 1.165) is 5.56 Å². The summed E-state index contributed by atoms with van der Waals surface area (Å²) in [7, 11) is 0. The molecular formula is C11H13N3O2. The fourth-order valence-electron chi connectivity index (χ4n) is 1.81. The van der Waals surface area contributed by atoms with Crippen molar-refractivity contribution in [1.29, 1.82) is 0 Å². The first-order valence-electron chi connectivity index (χ1n) is 5.09. The first kappa shape index (κ1) is 10.6. The Morgan fingerprint density at radius 3 is 2.75 bits per heavy atom. The van der Waals surface area contributed by atoms with Gasteiger partial charge in [-0.15, -0.1) is 0 Å². The zero-order chi connectivity index (χ0) is 11.8. The van der Waals surface area contributed by atoms with E-state index in [1.165, 1.54) is 0 Å². The number of imide groups is 1. The van der Waals surface area contributed by atoms with Gasteiger partial charge in [-0.1, -0.05) is 6.07 Å². The van der Waals surface area contributed by atoms with Crippen molar-refractivity contribution < 1.29 is 9.59 Å². The molecule has 0 aliphatic carbocycles. The van der Waals surface area contributed by atoms with E-state index >= 15 is 0 Å². The third-order valence-electron chi connectivity index (χ3n) is 3.03. The van der Waals surface area contributed by atoms with E-state index in [2.05, 4.69) is 10.3 Å². The third-order valence-corrected chi connectivity index (χ3v) is 3.03. The van der Waals surface area contributed by atoms with Crippen molar-refractivity contribution in [1.82, 2.24) is 10.3 Å². The van der Waals surface area contributed by atoms with Crippen LogP contribution in [-0.2, 0) is 15.0 Å². The maximum atomic E-state index is 11.8. The average Bonchev–Trinajstić information content (AvgIpc) is 2.25. The summed E-state index contributed by atoms with van der Waals surface area (Å²) in [5, 5.41) is 2.35. The zero-order valence-electron chi connectivity index (χ0n) is 8.99. The van der Waals surface area contributed by atoms with Crippen LogP contribution in [0.1, 0.15) is 25.3 Å². The zero-order valence-corrected chi connectivity index (χ0v) is 8.99. The molecule has 1 aliphatic rings. The number of nitrogen functional groups attached to an aromatic ring is 1. The Hall–Kier alpha value is -1.91. The summed E-state index contributed by atoms with van der Waals surface area (Å²) in [6, 6.07) is 3.43. The van der Waals surface area contributed by atoms with E-state index < -0.39 is 5.41 Å². The van der Waals surface area contributed by atoms with E-state index in [0.29, 0.717) is 18.7 Å². The number of amides is 2. The predicted octanol–water partition coefficient (Wildman–Crippen LogP) is 0.358. The van der Waals surface area contributed by atoms with Gasteiger partial charge in [-0.2, -0.15) is 0 Å². The summed E-state index contributed by atoms with van der Waals surface area (Å²) in [4.78, 5) is 26.9. The number of nitrogens with one attached hydrogen (secondary N) is 1. The Morgan fingerprint density at radius 1 is 1.44 bits per heavy atom. The highest BCUT2D eigenvalue weighted by atomic mass is 16.2. The van der Waals surface area contributed by atoms with Crippen molar-refractivity contribution in [2.75, 3.05) is 5.73 Å². The number of carbonyl (C=O) groups excluding carboxylic acids is 2. The molecule has 0 spiro atoms. The van der Waals surface area contributed by atoms with Gasteiger partial charge < -0.3 is 5.73 Å². The van der Waals surface area contributed by atoms with Crippen LogP contribution in [0.15, 0.2) is 18.3 Å². The molecular weight excluding hydrogens is 206 g/mol. The Morgan fingerprint density at radius 2 is 2.19 bits per heavy atom. The molecule has 0 aromatic carbocycles. The normalized spacial score (nSPS) is 25.3. The number of nitrogens with zero attached hydrogens (tertiary/aromatic N) is 1. The molecule has 2 amide bonds. The number of pyridine rings is 1. The van der Waals surface area contributed by atoms with Gasteiger partial charge in [0, 0.05) is 12.6 Å².